The van der Waals surface area contributed by atoms with E-state index >= 15 is 0 Å². The molecule has 0 aliphatic carbocycles. The molecule has 0 atom stereocenters. The van der Waals surface area contributed by atoms with Crippen LogP contribution in [0.15, 0.2) is 76.4 Å². The smallest absolute Gasteiger partial charge is 0.255 e. The Kier molecular flexibility index (Phi) is 7.04. The maximum absolute atomic E-state index is 12.6. The van der Waals surface area contributed by atoms with Crippen LogP contribution in [-0.4, -0.2) is 18.0 Å². The van der Waals surface area contributed by atoms with Crippen LogP contribution in [0.2, 0.25) is 0 Å². The highest BCUT2D eigenvalue weighted by Crippen LogP contribution is 2.27. The minimum Gasteiger partial charge on any atom is -0.380 e. The lowest BCUT2D eigenvalue weighted by Gasteiger charge is -2.12. The molecule has 2 aromatic carbocycles. The summed E-state index contributed by atoms with van der Waals surface area (Å²) in [6.07, 6.45) is 3.63. The molecule has 0 radical (unpaired) electrons. The summed E-state index contributed by atoms with van der Waals surface area (Å²) in [5.74, 6) is 0.701. The van der Waals surface area contributed by atoms with Gasteiger partial charge in [-0.15, -0.1) is 11.8 Å². The topological polar surface area (TPSA) is 51.2 Å². The van der Waals surface area contributed by atoms with Crippen molar-refractivity contribution < 1.29 is 9.53 Å². The van der Waals surface area contributed by atoms with Gasteiger partial charge >= 0.3 is 0 Å². The van der Waals surface area contributed by atoms with E-state index in [0.717, 1.165) is 26.4 Å². The number of carbonyl (C=O) groups excluding carboxylic acids is 1. The second-order valence-electron chi connectivity index (χ2n) is 5.83. The van der Waals surface area contributed by atoms with Crippen molar-refractivity contribution in [2.45, 2.75) is 17.3 Å². The number of benzene rings is 2. The van der Waals surface area contributed by atoms with Crippen LogP contribution in [0, 0.1) is 0 Å². The van der Waals surface area contributed by atoms with Crippen LogP contribution in [-0.2, 0) is 17.1 Å². The number of pyridine rings is 1. The molecule has 0 unspecified atom stereocenters. The van der Waals surface area contributed by atoms with E-state index in [1.54, 1.807) is 25.1 Å². The molecular formula is C21H19BrN2O2S. The Morgan fingerprint density at radius 2 is 1.96 bits per heavy atom. The van der Waals surface area contributed by atoms with Crippen LogP contribution in [0.3, 0.4) is 0 Å². The number of hydrogen-bond acceptors (Lipinski definition) is 4. The van der Waals surface area contributed by atoms with Gasteiger partial charge in [0.2, 0.25) is 0 Å². The molecule has 0 spiro atoms. The van der Waals surface area contributed by atoms with Gasteiger partial charge in [-0.3, -0.25) is 9.78 Å². The zero-order chi connectivity index (χ0) is 19.1. The van der Waals surface area contributed by atoms with Crippen LogP contribution >= 0.6 is 27.7 Å². The minimum atomic E-state index is -0.144. The van der Waals surface area contributed by atoms with E-state index < -0.39 is 0 Å². The summed E-state index contributed by atoms with van der Waals surface area (Å²) in [5.41, 5.74) is 3.44. The highest BCUT2D eigenvalue weighted by Gasteiger charge is 2.11. The number of rotatable bonds is 7. The summed E-state index contributed by atoms with van der Waals surface area (Å²) < 4.78 is 6.13. The molecular weight excluding hydrogens is 424 g/mol. The number of aromatic nitrogens is 1. The highest BCUT2D eigenvalue weighted by atomic mass is 79.9. The lowest BCUT2D eigenvalue weighted by atomic mass is 10.1. The number of hydrogen-bond donors (Lipinski definition) is 1. The summed E-state index contributed by atoms with van der Waals surface area (Å²) in [6.45, 7) is 0.418. The van der Waals surface area contributed by atoms with Crippen molar-refractivity contribution in [3.63, 3.8) is 0 Å². The monoisotopic (exact) mass is 442 g/mol. The van der Waals surface area contributed by atoms with Gasteiger partial charge in [0, 0.05) is 51.4 Å². The third kappa shape index (κ3) is 5.42. The summed E-state index contributed by atoms with van der Waals surface area (Å²) in [5, 5.41) is 2.97. The third-order valence-corrected chi connectivity index (χ3v) is 5.73. The number of thioether (sulfide) groups is 1. The molecule has 1 heterocycles. The molecule has 1 N–H and O–H groups in total. The average Bonchev–Trinajstić information content (AvgIpc) is 2.70. The number of nitrogens with one attached hydrogen (secondary N) is 1. The number of methoxy groups -OCH3 is 1. The number of amides is 1. The Morgan fingerprint density at radius 1 is 1.15 bits per heavy atom. The number of ether oxygens (including phenoxy) is 1. The van der Waals surface area contributed by atoms with Crippen molar-refractivity contribution >= 4 is 39.3 Å². The van der Waals surface area contributed by atoms with Crippen molar-refractivity contribution in [1.29, 1.82) is 0 Å². The summed E-state index contributed by atoms with van der Waals surface area (Å²) in [4.78, 5) is 17.8. The molecule has 3 aromatic rings. The Balaban J connectivity index is 1.65. The van der Waals surface area contributed by atoms with Gasteiger partial charge in [0.05, 0.1) is 6.61 Å². The van der Waals surface area contributed by atoms with Crippen LogP contribution in [0.5, 0.6) is 0 Å². The van der Waals surface area contributed by atoms with E-state index in [0.29, 0.717) is 12.2 Å². The normalized spacial score (nSPS) is 10.6. The van der Waals surface area contributed by atoms with Crippen molar-refractivity contribution in [1.82, 2.24) is 4.98 Å². The molecule has 27 heavy (non-hydrogen) atoms. The lowest BCUT2D eigenvalue weighted by Crippen LogP contribution is -2.13. The Hall–Kier alpha value is -2.15. The molecule has 0 bridgehead atoms. The van der Waals surface area contributed by atoms with Gasteiger partial charge in [0.15, 0.2) is 0 Å². The van der Waals surface area contributed by atoms with E-state index in [1.807, 2.05) is 54.7 Å². The largest absolute Gasteiger partial charge is 0.380 e. The van der Waals surface area contributed by atoms with E-state index in [4.69, 9.17) is 4.74 Å². The maximum Gasteiger partial charge on any atom is 0.255 e. The zero-order valence-electron chi connectivity index (χ0n) is 14.8. The second-order valence-corrected chi connectivity index (χ2v) is 7.73. The quantitative estimate of drug-likeness (QED) is 0.488. The van der Waals surface area contributed by atoms with Crippen LogP contribution in [0.1, 0.15) is 21.5 Å². The van der Waals surface area contributed by atoms with Gasteiger partial charge in [-0.25, -0.2) is 0 Å². The summed E-state index contributed by atoms with van der Waals surface area (Å²) >= 11 is 5.22. The first-order valence-corrected chi connectivity index (χ1v) is 10.1. The van der Waals surface area contributed by atoms with Gasteiger partial charge in [-0.2, -0.15) is 0 Å². The van der Waals surface area contributed by atoms with Gasteiger partial charge < -0.3 is 10.1 Å². The molecule has 4 nitrogen and oxygen atoms in total. The molecule has 138 valence electrons. The van der Waals surface area contributed by atoms with Crippen molar-refractivity contribution in [3.8, 4) is 0 Å². The molecule has 1 aromatic heterocycles. The molecule has 0 aliphatic rings. The molecule has 0 aliphatic heterocycles. The fourth-order valence-electron chi connectivity index (χ4n) is 2.51. The van der Waals surface area contributed by atoms with Crippen LogP contribution in [0.4, 0.5) is 5.69 Å². The van der Waals surface area contributed by atoms with Gasteiger partial charge in [-0.1, -0.05) is 28.1 Å². The Bertz CT molecular complexity index is 902. The fraction of sp³-hybridized carbons (Fsp3) is 0.143. The van der Waals surface area contributed by atoms with Gasteiger partial charge in [0.25, 0.3) is 5.91 Å². The first kappa shape index (κ1) is 19.6. The molecule has 0 saturated heterocycles. The van der Waals surface area contributed by atoms with E-state index in [2.05, 4.69) is 32.3 Å². The SMILES string of the molecule is COCc1c(Br)cccc1NC(=O)c1ccc(SCc2cccnc2)cc1. The predicted molar refractivity (Wildman–Crippen MR) is 113 cm³/mol. The number of carbonyl (C=O) groups is 1. The molecule has 0 fully saturated rings. The van der Waals surface area contributed by atoms with Crippen LogP contribution < -0.4 is 5.32 Å². The van der Waals surface area contributed by atoms with E-state index in [-0.39, 0.29) is 5.91 Å². The lowest BCUT2D eigenvalue weighted by molar-refractivity contribution is 0.102. The first-order valence-electron chi connectivity index (χ1n) is 8.37. The van der Waals surface area contributed by atoms with Crippen molar-refractivity contribution in [2.24, 2.45) is 0 Å². The van der Waals surface area contributed by atoms with Crippen molar-refractivity contribution in [2.75, 3.05) is 12.4 Å². The fourth-order valence-corrected chi connectivity index (χ4v) is 3.83. The van der Waals surface area contributed by atoms with Crippen molar-refractivity contribution in [3.05, 3.63) is 88.2 Å². The number of nitrogens with zero attached hydrogens (tertiary/aromatic N) is 1. The highest BCUT2D eigenvalue weighted by molar-refractivity contribution is 9.10. The first-order chi connectivity index (χ1) is 13.2. The Morgan fingerprint density at radius 3 is 2.67 bits per heavy atom. The van der Waals surface area contributed by atoms with E-state index in [1.165, 1.54) is 5.56 Å². The second kappa shape index (κ2) is 9.69. The standard InChI is InChI=1S/C21H19BrN2O2S/c1-26-13-18-19(22)5-2-6-20(18)24-21(25)16-7-9-17(10-8-16)27-14-15-4-3-11-23-12-15/h2-12H,13-14H2,1H3,(H,24,25). The number of anilines is 1. The average molecular weight is 443 g/mol. The maximum atomic E-state index is 12.6. The minimum absolute atomic E-state index is 0.144. The predicted octanol–water partition coefficient (Wildman–Crippen LogP) is 5.54. The molecule has 6 heteroatoms. The van der Waals surface area contributed by atoms with Crippen LogP contribution in [0.25, 0.3) is 0 Å². The Labute approximate surface area is 171 Å². The molecule has 1 amide bonds. The van der Waals surface area contributed by atoms with Gasteiger partial charge in [0.1, 0.15) is 0 Å². The molecule has 0 saturated carbocycles. The summed E-state index contributed by atoms with van der Waals surface area (Å²) in [6, 6.07) is 17.3. The van der Waals surface area contributed by atoms with E-state index in [9.17, 15) is 4.79 Å². The number of halogens is 1. The summed E-state index contributed by atoms with van der Waals surface area (Å²) in [7, 11) is 1.63. The third-order valence-electron chi connectivity index (χ3n) is 3.90. The van der Waals surface area contributed by atoms with Gasteiger partial charge in [-0.05, 0) is 48.0 Å². The molecule has 3 rings (SSSR count). The zero-order valence-corrected chi connectivity index (χ0v) is 17.2.